The van der Waals surface area contributed by atoms with Crippen molar-refractivity contribution < 1.29 is 32.2 Å². The second kappa shape index (κ2) is 15.5. The number of para-hydroxylation sites is 1. The van der Waals surface area contributed by atoms with Gasteiger partial charge in [-0.25, -0.2) is 15.0 Å². The van der Waals surface area contributed by atoms with Gasteiger partial charge in [-0.3, -0.25) is 9.59 Å². The van der Waals surface area contributed by atoms with Crippen molar-refractivity contribution in [3.05, 3.63) is 96.6 Å². The van der Waals surface area contributed by atoms with Gasteiger partial charge in [0.1, 0.15) is 17.5 Å². The molecule has 0 radical (unpaired) electrons. The Labute approximate surface area is 329 Å². The molecular weight excluding hydrogens is 734 g/mol. The maximum Gasteiger partial charge on any atom is 0.434 e. The topological polar surface area (TPSA) is 111 Å². The molecule has 1 aliphatic heterocycles. The number of rotatable bonds is 8. The lowest BCUT2D eigenvalue weighted by molar-refractivity contribution is -0.163. The van der Waals surface area contributed by atoms with Gasteiger partial charge in [0.15, 0.2) is 5.69 Å². The molecule has 3 aliphatic rings. The van der Waals surface area contributed by atoms with E-state index in [1.165, 1.54) is 12.1 Å². The van der Waals surface area contributed by atoms with E-state index in [2.05, 4.69) is 25.2 Å². The highest BCUT2D eigenvalue weighted by atomic mass is 19.4. The van der Waals surface area contributed by atoms with E-state index in [0.717, 1.165) is 43.6 Å². The molecule has 2 aliphatic carbocycles. The first-order valence-electron chi connectivity index (χ1n) is 19.8. The van der Waals surface area contributed by atoms with E-state index in [1.807, 2.05) is 73.9 Å². The normalized spacial score (nSPS) is 21.6. The highest BCUT2D eigenvalue weighted by Crippen LogP contribution is 2.44. The lowest BCUT2D eigenvalue weighted by Crippen LogP contribution is -2.45. The predicted molar refractivity (Wildman–Crippen MR) is 210 cm³/mol. The zero-order valence-electron chi connectivity index (χ0n) is 32.3. The van der Waals surface area contributed by atoms with E-state index in [4.69, 9.17) is 9.47 Å². The van der Waals surface area contributed by atoms with Crippen LogP contribution in [0, 0.1) is 17.8 Å². The van der Waals surface area contributed by atoms with Crippen LogP contribution in [0.3, 0.4) is 0 Å². The van der Waals surface area contributed by atoms with Crippen LogP contribution in [0.2, 0.25) is 0 Å². The molecule has 8 rings (SSSR count). The minimum Gasteiger partial charge on any atom is -0.490 e. The van der Waals surface area contributed by atoms with Crippen LogP contribution >= 0.6 is 0 Å². The maximum absolute atomic E-state index is 14.8. The molecule has 2 atom stereocenters. The molecule has 298 valence electrons. The molecule has 2 saturated carbocycles. The number of nitrogens with zero attached hydrogens (tertiary/aromatic N) is 5. The number of hydrogen-bond acceptors (Lipinski definition) is 8. The summed E-state index contributed by atoms with van der Waals surface area (Å²) in [6, 6.07) is 19.4. The smallest absolute Gasteiger partial charge is 0.434 e. The Morgan fingerprint density at radius 2 is 1.54 bits per heavy atom. The fraction of sp³-hybridized carbons (Fsp3) is 0.432. The predicted octanol–water partition coefficient (Wildman–Crippen LogP) is 8.82. The van der Waals surface area contributed by atoms with Crippen molar-refractivity contribution in [2.24, 2.45) is 17.8 Å². The number of hydrogen-bond donors (Lipinski definition) is 1. The number of amides is 1. The number of ether oxygens (including phenoxy) is 2. The summed E-state index contributed by atoms with van der Waals surface area (Å²) in [5, 5.41) is 3.59. The average Bonchev–Trinajstić information content (AvgIpc) is 3.56. The van der Waals surface area contributed by atoms with Gasteiger partial charge in [0.2, 0.25) is 5.95 Å². The van der Waals surface area contributed by atoms with Crippen molar-refractivity contribution in [3.63, 3.8) is 0 Å². The monoisotopic (exact) mass is 780 g/mol. The SMILES string of the molecule is CC(C)(C)OC(=O)C1CC2CC(CC(NC(=O)c3ccc(-c4cn(-c5ccccc5)c5cc(OC6CCN(c7ncccn7)CC6)ccc45)nc3C(F)(F)F)C2)C1. The standard InChI is InChI=1S/C44H47F3N6O4/c1-43(2,3)57-41(55)29-21-27-20-28(22-29)24-30(23-27)50-40(54)35-12-13-37(51-39(35)44(45,46)47)36-26-53(31-8-5-4-6-9-31)38-25-33(10-11-34(36)38)56-32-14-18-52(19-15-32)42-48-16-7-17-49-42/h4-13,16-17,25-30,32H,14-15,18-24H2,1-3H3,(H,50,54). The number of anilines is 1. The minimum absolute atomic E-state index is 0.0286. The van der Waals surface area contributed by atoms with Crippen molar-refractivity contribution in [2.75, 3.05) is 18.0 Å². The molecule has 3 fully saturated rings. The highest BCUT2D eigenvalue weighted by molar-refractivity contribution is 5.99. The van der Waals surface area contributed by atoms with Gasteiger partial charge < -0.3 is 24.3 Å². The van der Waals surface area contributed by atoms with Gasteiger partial charge in [-0.15, -0.1) is 0 Å². The fourth-order valence-electron chi connectivity index (χ4n) is 8.92. The third kappa shape index (κ3) is 8.62. The Hall–Kier alpha value is -5.46. The number of piperidine rings is 1. The molecule has 13 heteroatoms. The molecule has 5 aromatic rings. The zero-order valence-corrected chi connectivity index (χ0v) is 32.3. The number of nitrogens with one attached hydrogen (secondary N) is 1. The summed E-state index contributed by atoms with van der Waals surface area (Å²) < 4.78 is 58.3. The molecule has 1 amide bonds. The first-order chi connectivity index (χ1) is 27.3. The first kappa shape index (κ1) is 38.4. The Bertz CT molecular complexity index is 2220. The highest BCUT2D eigenvalue weighted by Gasteiger charge is 2.42. The summed E-state index contributed by atoms with van der Waals surface area (Å²) in [7, 11) is 0. The number of benzene rings is 2. The first-order valence-corrected chi connectivity index (χ1v) is 19.8. The Kier molecular flexibility index (Phi) is 10.4. The molecule has 2 bridgehead atoms. The third-order valence-electron chi connectivity index (χ3n) is 11.3. The Morgan fingerprint density at radius 3 is 2.21 bits per heavy atom. The lowest BCUT2D eigenvalue weighted by atomic mass is 9.66. The second-order valence-electron chi connectivity index (χ2n) is 16.7. The van der Waals surface area contributed by atoms with Crippen molar-refractivity contribution in [3.8, 4) is 22.7 Å². The lowest BCUT2D eigenvalue weighted by Gasteiger charge is -2.42. The van der Waals surface area contributed by atoms with Gasteiger partial charge in [0, 0.05) is 73.3 Å². The number of carbonyl (C=O) groups excluding carboxylic acids is 2. The van der Waals surface area contributed by atoms with E-state index in [0.29, 0.717) is 48.3 Å². The maximum atomic E-state index is 14.8. The van der Waals surface area contributed by atoms with Gasteiger partial charge in [-0.2, -0.15) is 13.2 Å². The molecular formula is C44H47F3N6O4. The van der Waals surface area contributed by atoms with E-state index in [1.54, 1.807) is 24.7 Å². The van der Waals surface area contributed by atoms with E-state index < -0.39 is 28.9 Å². The van der Waals surface area contributed by atoms with Crippen LogP contribution in [-0.2, 0) is 15.7 Å². The van der Waals surface area contributed by atoms with Crippen LogP contribution < -0.4 is 15.0 Å². The summed E-state index contributed by atoms with van der Waals surface area (Å²) in [5.41, 5.74) is -0.152. The Balaban J connectivity index is 1.02. The largest absolute Gasteiger partial charge is 0.490 e. The number of alkyl halides is 3. The van der Waals surface area contributed by atoms with Gasteiger partial charge in [-0.05, 0) is 107 Å². The fourth-order valence-corrected chi connectivity index (χ4v) is 8.92. The van der Waals surface area contributed by atoms with Crippen LogP contribution in [0.25, 0.3) is 27.8 Å². The van der Waals surface area contributed by atoms with E-state index in [-0.39, 0.29) is 41.6 Å². The summed E-state index contributed by atoms with van der Waals surface area (Å²) in [6.07, 6.45) is 5.33. The summed E-state index contributed by atoms with van der Waals surface area (Å²) in [6.45, 7) is 7.04. The zero-order chi connectivity index (χ0) is 39.9. The van der Waals surface area contributed by atoms with Gasteiger partial charge in [0.25, 0.3) is 5.91 Å². The molecule has 3 aromatic heterocycles. The molecule has 0 spiro atoms. The van der Waals surface area contributed by atoms with Crippen LogP contribution in [0.1, 0.15) is 81.8 Å². The number of halogens is 3. The number of esters is 1. The number of aromatic nitrogens is 4. The van der Waals surface area contributed by atoms with Crippen molar-refractivity contribution in [2.45, 2.75) is 89.6 Å². The summed E-state index contributed by atoms with van der Waals surface area (Å²) >= 11 is 0. The summed E-state index contributed by atoms with van der Waals surface area (Å²) in [4.78, 5) is 41.4. The third-order valence-corrected chi connectivity index (χ3v) is 11.3. The Morgan fingerprint density at radius 1 is 0.842 bits per heavy atom. The van der Waals surface area contributed by atoms with Crippen LogP contribution in [0.15, 0.2) is 85.3 Å². The van der Waals surface area contributed by atoms with Gasteiger partial charge in [0.05, 0.1) is 22.7 Å². The van der Waals surface area contributed by atoms with Gasteiger partial charge in [-0.1, -0.05) is 18.2 Å². The molecule has 1 N–H and O–H groups in total. The summed E-state index contributed by atoms with van der Waals surface area (Å²) in [5.74, 6) is 0.506. The van der Waals surface area contributed by atoms with Crippen molar-refractivity contribution in [1.29, 1.82) is 0 Å². The van der Waals surface area contributed by atoms with Gasteiger partial charge >= 0.3 is 12.1 Å². The molecule has 4 heterocycles. The number of pyridine rings is 1. The average molecular weight is 781 g/mol. The number of fused-ring (bicyclic) bond motifs is 3. The van der Waals surface area contributed by atoms with Crippen LogP contribution in [0.4, 0.5) is 19.1 Å². The molecule has 2 unspecified atom stereocenters. The molecule has 1 saturated heterocycles. The van der Waals surface area contributed by atoms with E-state index >= 15 is 0 Å². The van der Waals surface area contributed by atoms with Crippen molar-refractivity contribution >= 4 is 28.7 Å². The van der Waals surface area contributed by atoms with Crippen LogP contribution in [0.5, 0.6) is 5.75 Å². The van der Waals surface area contributed by atoms with Crippen molar-refractivity contribution in [1.82, 2.24) is 24.8 Å². The van der Waals surface area contributed by atoms with E-state index in [9.17, 15) is 22.8 Å². The molecule has 57 heavy (non-hydrogen) atoms. The quantitative estimate of drug-likeness (QED) is 0.156. The van der Waals surface area contributed by atoms with Crippen LogP contribution in [-0.4, -0.2) is 62.2 Å². The number of carbonyl (C=O) groups is 2. The second-order valence-corrected chi connectivity index (χ2v) is 16.7. The molecule has 2 aromatic carbocycles. The minimum atomic E-state index is -4.88. The molecule has 10 nitrogen and oxygen atoms in total.